The Kier molecular flexibility index (Phi) is 8.78. The fraction of sp³-hybridized carbons (Fsp3) is 0.625. The van der Waals surface area contributed by atoms with Crippen molar-refractivity contribution in [2.45, 2.75) is 25.2 Å². The Balaban J connectivity index is 0.00000312. The number of nitrogens with zero attached hydrogens (tertiary/aromatic N) is 1. The van der Waals surface area contributed by atoms with Crippen LogP contribution in [0.25, 0.3) is 0 Å². The molecule has 0 bridgehead atoms. The van der Waals surface area contributed by atoms with Crippen molar-refractivity contribution < 1.29 is 27.8 Å². The molecule has 1 aromatic rings. The monoisotopic (exact) mass is 384 g/mol. The second-order valence-corrected chi connectivity index (χ2v) is 5.62. The standard InChI is InChI=1S/C16H23F3N2O3.ClH/c1-23-15-11-12(24-16(17,18)19)4-5-13(15)14(3-2-10-22)21-8-6-20-7-9-21;/h4-5,11,14,20,22H,2-3,6-10H2,1H3;1H/t14-;/m1./s1. The summed E-state index contributed by atoms with van der Waals surface area (Å²) >= 11 is 0. The van der Waals surface area contributed by atoms with Crippen molar-refractivity contribution in [3.8, 4) is 11.5 Å². The lowest BCUT2D eigenvalue weighted by molar-refractivity contribution is -0.274. The molecule has 1 aliphatic rings. The molecule has 0 radical (unpaired) electrons. The number of nitrogens with one attached hydrogen (secondary N) is 1. The lowest BCUT2D eigenvalue weighted by atomic mass is 9.98. The maximum atomic E-state index is 12.4. The number of methoxy groups -OCH3 is 1. The van der Waals surface area contributed by atoms with E-state index in [-0.39, 0.29) is 30.8 Å². The van der Waals surface area contributed by atoms with Gasteiger partial charge in [-0.1, -0.05) is 6.07 Å². The molecule has 1 fully saturated rings. The number of benzene rings is 1. The van der Waals surface area contributed by atoms with E-state index in [2.05, 4.69) is 15.0 Å². The van der Waals surface area contributed by atoms with Crippen LogP contribution in [0, 0.1) is 0 Å². The third-order valence-corrected chi connectivity index (χ3v) is 4.03. The lowest BCUT2D eigenvalue weighted by Crippen LogP contribution is -2.45. The molecule has 0 spiro atoms. The summed E-state index contributed by atoms with van der Waals surface area (Å²) in [5, 5.41) is 12.4. The van der Waals surface area contributed by atoms with Crippen molar-refractivity contribution in [2.24, 2.45) is 0 Å². The Bertz CT molecular complexity index is 526. The maximum Gasteiger partial charge on any atom is 0.573 e. The number of aliphatic hydroxyl groups excluding tert-OH is 1. The molecule has 1 heterocycles. The van der Waals surface area contributed by atoms with Crippen LogP contribution in [0.15, 0.2) is 18.2 Å². The first-order valence-corrected chi connectivity index (χ1v) is 7.94. The minimum atomic E-state index is -4.73. The highest BCUT2D eigenvalue weighted by Crippen LogP contribution is 2.36. The largest absolute Gasteiger partial charge is 0.573 e. The van der Waals surface area contributed by atoms with E-state index >= 15 is 0 Å². The highest BCUT2D eigenvalue weighted by molar-refractivity contribution is 5.85. The Hall–Kier alpha value is -1.22. The molecule has 1 aromatic carbocycles. The van der Waals surface area contributed by atoms with E-state index in [1.54, 1.807) is 6.07 Å². The third-order valence-electron chi connectivity index (χ3n) is 4.03. The molecule has 0 aliphatic carbocycles. The van der Waals surface area contributed by atoms with Gasteiger partial charge in [-0.3, -0.25) is 4.90 Å². The summed E-state index contributed by atoms with van der Waals surface area (Å²) in [5.74, 6) is 0.0579. The molecule has 25 heavy (non-hydrogen) atoms. The predicted octanol–water partition coefficient (Wildman–Crippen LogP) is 2.73. The number of alkyl halides is 3. The van der Waals surface area contributed by atoms with E-state index in [9.17, 15) is 13.2 Å². The van der Waals surface area contributed by atoms with Crippen molar-refractivity contribution in [2.75, 3.05) is 39.9 Å². The van der Waals surface area contributed by atoms with Crippen LogP contribution in [-0.2, 0) is 0 Å². The summed E-state index contributed by atoms with van der Waals surface area (Å²) in [6.45, 7) is 3.45. The number of hydrogen-bond donors (Lipinski definition) is 2. The van der Waals surface area contributed by atoms with E-state index < -0.39 is 6.36 Å². The molecule has 0 unspecified atom stereocenters. The first kappa shape index (κ1) is 21.8. The van der Waals surface area contributed by atoms with Crippen LogP contribution in [0.3, 0.4) is 0 Å². The van der Waals surface area contributed by atoms with Gasteiger partial charge in [-0.15, -0.1) is 25.6 Å². The Morgan fingerprint density at radius 3 is 2.52 bits per heavy atom. The van der Waals surface area contributed by atoms with Crippen molar-refractivity contribution >= 4 is 12.4 Å². The molecule has 2 N–H and O–H groups in total. The summed E-state index contributed by atoms with van der Waals surface area (Å²) in [6.07, 6.45) is -3.42. The molecule has 1 saturated heterocycles. The van der Waals surface area contributed by atoms with Crippen molar-refractivity contribution in [3.63, 3.8) is 0 Å². The van der Waals surface area contributed by atoms with E-state index in [1.165, 1.54) is 19.2 Å². The van der Waals surface area contributed by atoms with Crippen LogP contribution < -0.4 is 14.8 Å². The van der Waals surface area contributed by atoms with E-state index in [4.69, 9.17) is 9.84 Å². The van der Waals surface area contributed by atoms with Gasteiger partial charge in [-0.2, -0.15) is 0 Å². The summed E-state index contributed by atoms with van der Waals surface area (Å²) in [4.78, 5) is 2.26. The molecular weight excluding hydrogens is 361 g/mol. The first-order chi connectivity index (χ1) is 11.4. The van der Waals surface area contributed by atoms with Crippen LogP contribution >= 0.6 is 12.4 Å². The topological polar surface area (TPSA) is 54.0 Å². The average Bonchev–Trinajstić information content (AvgIpc) is 2.55. The van der Waals surface area contributed by atoms with Crippen LogP contribution in [0.2, 0.25) is 0 Å². The molecule has 0 amide bonds. The number of piperazine rings is 1. The van der Waals surface area contributed by atoms with Crippen LogP contribution in [0.4, 0.5) is 13.2 Å². The van der Waals surface area contributed by atoms with Gasteiger partial charge in [0.05, 0.1) is 7.11 Å². The zero-order valence-electron chi connectivity index (χ0n) is 14.0. The SMILES string of the molecule is COc1cc(OC(F)(F)F)ccc1[C@@H](CCCO)N1CCNCC1.Cl. The molecule has 1 atom stereocenters. The zero-order valence-corrected chi connectivity index (χ0v) is 14.8. The van der Waals surface area contributed by atoms with Gasteiger partial charge in [0, 0.05) is 50.5 Å². The second-order valence-electron chi connectivity index (χ2n) is 5.62. The van der Waals surface area contributed by atoms with Gasteiger partial charge in [-0.25, -0.2) is 0 Å². The average molecular weight is 385 g/mol. The van der Waals surface area contributed by atoms with Crippen LogP contribution in [0.5, 0.6) is 11.5 Å². The van der Waals surface area contributed by atoms with Gasteiger partial charge < -0.3 is 19.9 Å². The Morgan fingerprint density at radius 1 is 1.28 bits per heavy atom. The van der Waals surface area contributed by atoms with Crippen LogP contribution in [0.1, 0.15) is 24.4 Å². The van der Waals surface area contributed by atoms with E-state index in [0.29, 0.717) is 18.6 Å². The number of hydrogen-bond acceptors (Lipinski definition) is 5. The minimum absolute atomic E-state index is 0. The molecular formula is C16H24ClF3N2O3. The predicted molar refractivity (Wildman–Crippen MR) is 90.4 cm³/mol. The van der Waals surface area contributed by atoms with Crippen molar-refractivity contribution in [3.05, 3.63) is 23.8 Å². The number of aliphatic hydroxyl groups is 1. The summed E-state index contributed by atoms with van der Waals surface area (Å²) in [5.41, 5.74) is 0.808. The molecule has 2 rings (SSSR count). The number of halogens is 4. The van der Waals surface area contributed by atoms with Gasteiger partial charge in [0.2, 0.25) is 0 Å². The third kappa shape index (κ3) is 6.54. The normalized spacial score (nSPS) is 16.8. The molecule has 144 valence electrons. The lowest BCUT2D eigenvalue weighted by Gasteiger charge is -2.36. The van der Waals surface area contributed by atoms with Gasteiger partial charge in [-0.05, 0) is 18.9 Å². The van der Waals surface area contributed by atoms with Gasteiger partial charge >= 0.3 is 6.36 Å². The van der Waals surface area contributed by atoms with Gasteiger partial charge in [0.1, 0.15) is 11.5 Å². The summed E-state index contributed by atoms with van der Waals surface area (Å²) < 4.78 is 46.4. The van der Waals surface area contributed by atoms with Crippen LogP contribution in [-0.4, -0.2) is 56.3 Å². The smallest absolute Gasteiger partial charge is 0.496 e. The quantitative estimate of drug-likeness (QED) is 0.757. The fourth-order valence-electron chi connectivity index (χ4n) is 2.98. The highest BCUT2D eigenvalue weighted by Gasteiger charge is 2.32. The number of ether oxygens (including phenoxy) is 2. The Labute approximate surface area is 151 Å². The Morgan fingerprint density at radius 2 is 1.96 bits per heavy atom. The molecule has 9 heteroatoms. The molecule has 0 saturated carbocycles. The minimum Gasteiger partial charge on any atom is -0.496 e. The summed E-state index contributed by atoms with van der Waals surface area (Å²) in [6, 6.07) is 4.16. The van der Waals surface area contributed by atoms with Crippen molar-refractivity contribution in [1.82, 2.24) is 10.2 Å². The molecule has 0 aromatic heterocycles. The van der Waals surface area contributed by atoms with Gasteiger partial charge in [0.15, 0.2) is 0 Å². The van der Waals surface area contributed by atoms with Crippen molar-refractivity contribution in [1.29, 1.82) is 0 Å². The van der Waals surface area contributed by atoms with Gasteiger partial charge in [0.25, 0.3) is 0 Å². The van der Waals surface area contributed by atoms with E-state index in [0.717, 1.165) is 31.7 Å². The first-order valence-electron chi connectivity index (χ1n) is 7.94. The fourth-order valence-corrected chi connectivity index (χ4v) is 2.98. The second kappa shape index (κ2) is 10.1. The maximum absolute atomic E-state index is 12.4. The molecule has 1 aliphatic heterocycles. The number of rotatable bonds is 7. The molecule has 5 nitrogen and oxygen atoms in total. The zero-order chi connectivity index (χ0) is 17.6. The summed E-state index contributed by atoms with van der Waals surface area (Å²) in [7, 11) is 1.43. The highest BCUT2D eigenvalue weighted by atomic mass is 35.5. The van der Waals surface area contributed by atoms with E-state index in [1.807, 2.05) is 0 Å².